The number of nitrogens with zero attached hydrogens (tertiary/aromatic N) is 3. The largest absolute Gasteiger partial charge is 0.320 e. The van der Waals surface area contributed by atoms with Gasteiger partial charge >= 0.3 is 0 Å². The van der Waals surface area contributed by atoms with Gasteiger partial charge in [0.05, 0.1) is 10.6 Å². The van der Waals surface area contributed by atoms with Crippen molar-refractivity contribution in [1.29, 1.82) is 0 Å². The van der Waals surface area contributed by atoms with Crippen molar-refractivity contribution in [3.05, 3.63) is 69.1 Å². The smallest absolute Gasteiger partial charge is 0.289 e. The number of fused-ring (bicyclic) bond motifs is 1. The van der Waals surface area contributed by atoms with Crippen molar-refractivity contribution >= 4 is 34.5 Å². The molecule has 0 bridgehead atoms. The molecule has 0 aliphatic rings. The molecule has 0 saturated heterocycles. The van der Waals surface area contributed by atoms with Gasteiger partial charge in [-0.1, -0.05) is 17.7 Å². The molecule has 3 aromatic rings. The Labute approximate surface area is 135 Å². The van der Waals surface area contributed by atoms with Crippen LogP contribution in [0.15, 0.2) is 42.6 Å². The van der Waals surface area contributed by atoms with Crippen molar-refractivity contribution < 1.29 is 9.72 Å². The first-order chi connectivity index (χ1) is 11.0. The highest BCUT2D eigenvalue weighted by Crippen LogP contribution is 2.27. The number of amides is 1. The number of nitrogens with one attached hydrogen (secondary N) is 1. The molecule has 8 heteroatoms. The lowest BCUT2D eigenvalue weighted by Gasteiger charge is -2.06. The van der Waals surface area contributed by atoms with Crippen LogP contribution in [0.2, 0.25) is 5.02 Å². The number of aromatic nitrogens is 2. The van der Waals surface area contributed by atoms with Gasteiger partial charge in [0.2, 0.25) is 0 Å². The molecule has 23 heavy (non-hydrogen) atoms. The molecule has 0 saturated carbocycles. The standard InChI is InChI=1S/C15H11ClN4O3/c1-9-14(19-7-3-2-4-13(19)17-9)15(21)18-10-5-6-11(16)12(8-10)20(22)23/h2-8H,1H3,(H,18,21). The van der Waals surface area contributed by atoms with Crippen molar-refractivity contribution in [1.82, 2.24) is 9.38 Å². The number of nitro benzene ring substituents is 1. The third-order valence-electron chi connectivity index (χ3n) is 3.32. The Kier molecular flexibility index (Phi) is 3.71. The van der Waals surface area contributed by atoms with E-state index >= 15 is 0 Å². The van der Waals surface area contributed by atoms with Crippen LogP contribution >= 0.6 is 11.6 Å². The topological polar surface area (TPSA) is 89.5 Å². The Balaban J connectivity index is 1.97. The number of anilines is 1. The molecule has 0 spiro atoms. The van der Waals surface area contributed by atoms with E-state index in [2.05, 4.69) is 10.3 Å². The van der Waals surface area contributed by atoms with Gasteiger partial charge in [0, 0.05) is 18.0 Å². The third kappa shape index (κ3) is 2.74. The lowest BCUT2D eigenvalue weighted by Crippen LogP contribution is -2.15. The minimum absolute atomic E-state index is 0.0129. The van der Waals surface area contributed by atoms with Crippen LogP contribution in [0, 0.1) is 17.0 Å². The van der Waals surface area contributed by atoms with Crippen molar-refractivity contribution in [2.45, 2.75) is 6.92 Å². The van der Waals surface area contributed by atoms with Crippen LogP contribution in [-0.4, -0.2) is 20.2 Å². The van der Waals surface area contributed by atoms with E-state index in [1.54, 1.807) is 29.7 Å². The van der Waals surface area contributed by atoms with Crippen LogP contribution < -0.4 is 5.32 Å². The molecule has 2 heterocycles. The fraction of sp³-hybridized carbons (Fsp3) is 0.0667. The second-order valence-electron chi connectivity index (χ2n) is 4.85. The fourth-order valence-electron chi connectivity index (χ4n) is 2.31. The molecular formula is C15H11ClN4O3. The third-order valence-corrected chi connectivity index (χ3v) is 3.64. The number of aryl methyl sites for hydroxylation is 1. The predicted molar refractivity (Wildman–Crippen MR) is 86.0 cm³/mol. The number of carbonyl (C=O) groups excluding carboxylic acids is 1. The Bertz CT molecular complexity index is 936. The average molecular weight is 331 g/mol. The molecule has 3 rings (SSSR count). The summed E-state index contributed by atoms with van der Waals surface area (Å²) in [4.78, 5) is 27.1. The van der Waals surface area contributed by atoms with E-state index in [-0.39, 0.29) is 16.4 Å². The number of carbonyl (C=O) groups is 1. The van der Waals surface area contributed by atoms with E-state index in [4.69, 9.17) is 11.6 Å². The van der Waals surface area contributed by atoms with Gasteiger partial charge in [0.15, 0.2) is 0 Å². The maximum Gasteiger partial charge on any atom is 0.289 e. The zero-order chi connectivity index (χ0) is 16.6. The molecule has 0 unspecified atom stereocenters. The number of hydrogen-bond donors (Lipinski definition) is 1. The van der Waals surface area contributed by atoms with Crippen LogP contribution in [-0.2, 0) is 0 Å². The summed E-state index contributed by atoms with van der Waals surface area (Å²) in [7, 11) is 0. The van der Waals surface area contributed by atoms with Gasteiger partial charge in [-0.15, -0.1) is 0 Å². The Hall–Kier alpha value is -2.93. The second kappa shape index (κ2) is 5.69. The van der Waals surface area contributed by atoms with E-state index in [1.807, 2.05) is 6.07 Å². The molecule has 0 aliphatic carbocycles. The normalized spacial score (nSPS) is 10.7. The van der Waals surface area contributed by atoms with Gasteiger partial charge in [0.1, 0.15) is 16.4 Å². The Morgan fingerprint density at radius 1 is 1.35 bits per heavy atom. The van der Waals surface area contributed by atoms with Gasteiger partial charge < -0.3 is 5.32 Å². The zero-order valence-corrected chi connectivity index (χ0v) is 12.7. The minimum Gasteiger partial charge on any atom is -0.320 e. The van der Waals surface area contributed by atoms with E-state index in [0.29, 0.717) is 17.0 Å². The number of imidazole rings is 1. The molecule has 2 aromatic heterocycles. The van der Waals surface area contributed by atoms with Gasteiger partial charge in [-0.2, -0.15) is 0 Å². The van der Waals surface area contributed by atoms with Gasteiger partial charge in [-0.3, -0.25) is 19.3 Å². The number of nitro groups is 1. The van der Waals surface area contributed by atoms with Crippen molar-refractivity contribution in [3.63, 3.8) is 0 Å². The van der Waals surface area contributed by atoms with Gasteiger partial charge in [0.25, 0.3) is 11.6 Å². The molecule has 1 aromatic carbocycles. The summed E-state index contributed by atoms with van der Waals surface area (Å²) in [6, 6.07) is 9.50. The highest BCUT2D eigenvalue weighted by Gasteiger charge is 2.18. The average Bonchev–Trinajstić information content (AvgIpc) is 2.84. The summed E-state index contributed by atoms with van der Waals surface area (Å²) in [6.07, 6.45) is 1.73. The van der Waals surface area contributed by atoms with E-state index in [1.165, 1.54) is 18.2 Å². The van der Waals surface area contributed by atoms with Crippen LogP contribution in [0.25, 0.3) is 5.65 Å². The summed E-state index contributed by atoms with van der Waals surface area (Å²) in [5.74, 6) is -0.405. The quantitative estimate of drug-likeness (QED) is 0.588. The fourth-order valence-corrected chi connectivity index (χ4v) is 2.49. The highest BCUT2D eigenvalue weighted by atomic mass is 35.5. The number of pyridine rings is 1. The van der Waals surface area contributed by atoms with Gasteiger partial charge in [-0.25, -0.2) is 4.98 Å². The molecule has 0 aliphatic heterocycles. The van der Waals surface area contributed by atoms with Crippen molar-refractivity contribution in [2.24, 2.45) is 0 Å². The first-order valence-electron chi connectivity index (χ1n) is 6.66. The van der Waals surface area contributed by atoms with E-state index in [0.717, 1.165) is 0 Å². The summed E-state index contributed by atoms with van der Waals surface area (Å²) in [5.41, 5.74) is 1.61. The van der Waals surface area contributed by atoms with Crippen LogP contribution in [0.5, 0.6) is 0 Å². The minimum atomic E-state index is -0.600. The first kappa shape index (κ1) is 15.0. The van der Waals surface area contributed by atoms with E-state index < -0.39 is 10.8 Å². The molecule has 1 N–H and O–H groups in total. The van der Waals surface area contributed by atoms with E-state index in [9.17, 15) is 14.9 Å². The highest BCUT2D eigenvalue weighted by molar-refractivity contribution is 6.32. The lowest BCUT2D eigenvalue weighted by atomic mass is 10.2. The summed E-state index contributed by atoms with van der Waals surface area (Å²) < 4.78 is 1.66. The van der Waals surface area contributed by atoms with Crippen molar-refractivity contribution in [3.8, 4) is 0 Å². The maximum absolute atomic E-state index is 12.5. The Morgan fingerprint density at radius 2 is 2.13 bits per heavy atom. The molecule has 0 fully saturated rings. The zero-order valence-electron chi connectivity index (χ0n) is 12.0. The SMILES string of the molecule is Cc1nc2ccccn2c1C(=O)Nc1ccc(Cl)c([N+](=O)[O-])c1. The van der Waals surface area contributed by atoms with Crippen molar-refractivity contribution in [2.75, 3.05) is 5.32 Å². The summed E-state index contributed by atoms with van der Waals surface area (Å²) in [6.45, 7) is 1.73. The van der Waals surface area contributed by atoms with Crippen LogP contribution in [0.4, 0.5) is 11.4 Å². The first-order valence-corrected chi connectivity index (χ1v) is 7.04. The number of benzene rings is 1. The van der Waals surface area contributed by atoms with Crippen LogP contribution in [0.3, 0.4) is 0 Å². The summed E-state index contributed by atoms with van der Waals surface area (Å²) >= 11 is 5.76. The monoisotopic (exact) mass is 330 g/mol. The maximum atomic E-state index is 12.5. The van der Waals surface area contributed by atoms with Crippen LogP contribution in [0.1, 0.15) is 16.2 Å². The number of hydrogen-bond acceptors (Lipinski definition) is 4. The number of halogens is 1. The molecule has 0 radical (unpaired) electrons. The van der Waals surface area contributed by atoms with Gasteiger partial charge in [-0.05, 0) is 31.2 Å². The molecule has 0 atom stereocenters. The molecule has 1 amide bonds. The Morgan fingerprint density at radius 3 is 2.87 bits per heavy atom. The molecule has 116 valence electrons. The summed E-state index contributed by atoms with van der Waals surface area (Å²) in [5, 5.41) is 13.6. The molecular weight excluding hydrogens is 320 g/mol. The molecule has 7 nitrogen and oxygen atoms in total. The number of rotatable bonds is 3. The second-order valence-corrected chi connectivity index (χ2v) is 5.26. The predicted octanol–water partition coefficient (Wildman–Crippen LogP) is 3.46. The lowest BCUT2D eigenvalue weighted by molar-refractivity contribution is -0.384.